The lowest BCUT2D eigenvalue weighted by molar-refractivity contribution is -0.137. The van der Waals surface area contributed by atoms with E-state index < -0.39 is 5.54 Å². The summed E-state index contributed by atoms with van der Waals surface area (Å²) in [5.74, 6) is 0.0395. The molecule has 166 valence electrons. The third-order valence-electron chi connectivity index (χ3n) is 6.42. The summed E-state index contributed by atoms with van der Waals surface area (Å²) in [6.07, 6.45) is 7.19. The summed E-state index contributed by atoms with van der Waals surface area (Å²) in [4.78, 5) is 27.1. The summed E-state index contributed by atoms with van der Waals surface area (Å²) in [6, 6.07) is 4.38. The molecule has 7 heteroatoms. The largest absolute Gasteiger partial charge is 0.352 e. The van der Waals surface area contributed by atoms with Crippen molar-refractivity contribution in [3.8, 4) is 0 Å². The van der Waals surface area contributed by atoms with Crippen molar-refractivity contribution in [2.45, 2.75) is 70.4 Å². The van der Waals surface area contributed by atoms with Gasteiger partial charge in [-0.3, -0.25) is 14.9 Å². The van der Waals surface area contributed by atoms with Crippen LogP contribution in [0.4, 0.5) is 4.39 Å². The maximum atomic E-state index is 13.3. The van der Waals surface area contributed by atoms with E-state index in [-0.39, 0.29) is 30.2 Å². The van der Waals surface area contributed by atoms with Crippen LogP contribution in [-0.2, 0) is 15.1 Å². The molecule has 3 rings (SSSR count). The minimum Gasteiger partial charge on any atom is -0.352 e. The molecule has 1 saturated carbocycles. The lowest BCUT2D eigenvalue weighted by atomic mass is 9.87. The fraction of sp³-hybridized carbons (Fsp3) is 0.652. The first-order valence-electron chi connectivity index (χ1n) is 11.0. The van der Waals surface area contributed by atoms with Crippen molar-refractivity contribution in [2.24, 2.45) is 5.92 Å². The predicted molar refractivity (Wildman–Crippen MR) is 117 cm³/mol. The number of hydrogen-bond acceptors (Lipinski definition) is 3. The molecule has 1 saturated heterocycles. The Morgan fingerprint density at radius 2 is 1.80 bits per heavy atom. The zero-order valence-electron chi connectivity index (χ0n) is 18.0. The molecule has 1 aliphatic heterocycles. The Balaban J connectivity index is 1.43. The third kappa shape index (κ3) is 5.94. The summed E-state index contributed by atoms with van der Waals surface area (Å²) in [5, 5.41) is 6.62. The molecule has 5 nitrogen and oxygen atoms in total. The molecule has 2 amide bonds. The van der Waals surface area contributed by atoms with E-state index in [9.17, 15) is 14.0 Å². The van der Waals surface area contributed by atoms with Gasteiger partial charge in [-0.15, -0.1) is 0 Å². The molecule has 0 spiro atoms. The van der Waals surface area contributed by atoms with E-state index in [2.05, 4.69) is 10.6 Å². The van der Waals surface area contributed by atoms with E-state index in [4.69, 9.17) is 11.6 Å². The molecular formula is C23H33ClFN3O2. The van der Waals surface area contributed by atoms with Gasteiger partial charge >= 0.3 is 0 Å². The highest BCUT2D eigenvalue weighted by molar-refractivity contribution is 6.31. The van der Waals surface area contributed by atoms with Crippen LogP contribution in [0.15, 0.2) is 18.2 Å². The highest BCUT2D eigenvalue weighted by Gasteiger charge is 2.30. The van der Waals surface area contributed by atoms with Gasteiger partial charge in [-0.1, -0.05) is 36.9 Å². The summed E-state index contributed by atoms with van der Waals surface area (Å²) >= 11 is 6.17. The van der Waals surface area contributed by atoms with Crippen LogP contribution >= 0.6 is 11.6 Å². The Hall–Kier alpha value is -1.66. The number of carbonyl (C=O) groups is 2. The van der Waals surface area contributed by atoms with Crippen LogP contribution in [0.2, 0.25) is 5.02 Å². The van der Waals surface area contributed by atoms with Crippen molar-refractivity contribution < 1.29 is 14.0 Å². The highest BCUT2D eigenvalue weighted by atomic mass is 35.5. The second-order valence-electron chi connectivity index (χ2n) is 9.10. The molecule has 1 heterocycles. The van der Waals surface area contributed by atoms with Crippen molar-refractivity contribution in [3.63, 3.8) is 0 Å². The molecular weight excluding hydrogens is 405 g/mol. The van der Waals surface area contributed by atoms with Crippen LogP contribution in [0.3, 0.4) is 0 Å². The fourth-order valence-corrected chi connectivity index (χ4v) is 4.93. The second kappa shape index (κ2) is 10.1. The molecule has 0 radical (unpaired) electrons. The van der Waals surface area contributed by atoms with Crippen LogP contribution < -0.4 is 10.6 Å². The predicted octanol–water partition coefficient (Wildman–Crippen LogP) is 3.99. The van der Waals surface area contributed by atoms with Crippen molar-refractivity contribution in [2.75, 3.05) is 19.6 Å². The standard InChI is InChI=1S/C23H33ClFN3O2/c1-23(2,19-9-8-17(25)14-20(19)24)26-15-21(29)27-18-10-12-28(13-11-18)22(30)16-6-4-3-5-7-16/h8-9,14,16,18,26H,3-7,10-13,15H2,1-2H3,(H,27,29). The number of piperidine rings is 1. The molecule has 0 aromatic heterocycles. The molecule has 30 heavy (non-hydrogen) atoms. The van der Waals surface area contributed by atoms with E-state index in [1.54, 1.807) is 6.07 Å². The van der Waals surface area contributed by atoms with Gasteiger partial charge in [0, 0.05) is 35.6 Å². The smallest absolute Gasteiger partial charge is 0.234 e. The van der Waals surface area contributed by atoms with Crippen molar-refractivity contribution >= 4 is 23.4 Å². The first-order chi connectivity index (χ1) is 14.3. The summed E-state index contributed by atoms with van der Waals surface area (Å²) < 4.78 is 13.3. The zero-order valence-corrected chi connectivity index (χ0v) is 18.7. The Labute approximate surface area is 183 Å². The normalized spacial score (nSPS) is 19.0. The van der Waals surface area contributed by atoms with Crippen LogP contribution in [0, 0.1) is 11.7 Å². The average molecular weight is 438 g/mol. The van der Waals surface area contributed by atoms with E-state index >= 15 is 0 Å². The number of rotatable bonds is 6. The number of hydrogen-bond donors (Lipinski definition) is 2. The van der Waals surface area contributed by atoms with Gasteiger partial charge in [-0.25, -0.2) is 4.39 Å². The fourth-order valence-electron chi connectivity index (χ4n) is 4.52. The molecule has 2 N–H and O–H groups in total. The van der Waals surface area contributed by atoms with Crippen LogP contribution in [0.5, 0.6) is 0 Å². The number of likely N-dealkylation sites (tertiary alicyclic amines) is 1. The van der Waals surface area contributed by atoms with Crippen molar-refractivity contribution in [1.82, 2.24) is 15.5 Å². The number of halogens is 2. The monoisotopic (exact) mass is 437 g/mol. The zero-order chi connectivity index (χ0) is 21.7. The van der Waals surface area contributed by atoms with Crippen molar-refractivity contribution in [1.29, 1.82) is 0 Å². The maximum absolute atomic E-state index is 13.3. The third-order valence-corrected chi connectivity index (χ3v) is 6.73. The number of carbonyl (C=O) groups excluding carboxylic acids is 2. The SMILES string of the molecule is CC(C)(NCC(=O)NC1CCN(C(=O)C2CCCCC2)CC1)c1ccc(F)cc1Cl. The maximum Gasteiger partial charge on any atom is 0.234 e. The van der Waals surface area contributed by atoms with Gasteiger partial charge in [0.1, 0.15) is 5.82 Å². The molecule has 1 aliphatic carbocycles. The van der Waals surface area contributed by atoms with E-state index in [1.807, 2.05) is 18.7 Å². The topological polar surface area (TPSA) is 61.4 Å². The number of nitrogens with one attached hydrogen (secondary N) is 2. The summed E-state index contributed by atoms with van der Waals surface area (Å²) in [6.45, 7) is 5.39. The Kier molecular flexibility index (Phi) is 7.75. The van der Waals surface area contributed by atoms with E-state index in [0.29, 0.717) is 24.0 Å². The molecule has 0 bridgehead atoms. The Morgan fingerprint density at radius 1 is 1.13 bits per heavy atom. The molecule has 1 aromatic carbocycles. The minimum atomic E-state index is -0.572. The van der Waals surface area contributed by atoms with Gasteiger partial charge in [0.05, 0.1) is 6.54 Å². The number of nitrogens with zero attached hydrogens (tertiary/aromatic N) is 1. The second-order valence-corrected chi connectivity index (χ2v) is 9.51. The van der Waals surface area contributed by atoms with Gasteiger partial charge < -0.3 is 10.2 Å². The molecule has 2 aliphatic rings. The van der Waals surface area contributed by atoms with Gasteiger partial charge in [0.15, 0.2) is 0 Å². The first-order valence-corrected chi connectivity index (χ1v) is 11.4. The van der Waals surface area contributed by atoms with E-state index in [0.717, 1.165) is 44.1 Å². The molecule has 0 atom stereocenters. The average Bonchev–Trinajstić information content (AvgIpc) is 2.73. The number of amides is 2. The first kappa shape index (κ1) is 23.0. The molecule has 2 fully saturated rings. The lowest BCUT2D eigenvalue weighted by Crippen LogP contribution is -2.50. The Bertz CT molecular complexity index is 757. The van der Waals surface area contributed by atoms with Gasteiger partial charge in [0.2, 0.25) is 11.8 Å². The van der Waals surface area contributed by atoms with Gasteiger partial charge in [-0.05, 0) is 57.2 Å². The molecule has 1 aromatic rings. The quantitative estimate of drug-likeness (QED) is 0.707. The minimum absolute atomic E-state index is 0.0848. The number of benzene rings is 1. The summed E-state index contributed by atoms with van der Waals surface area (Å²) in [7, 11) is 0. The van der Waals surface area contributed by atoms with Crippen LogP contribution in [-0.4, -0.2) is 42.4 Å². The van der Waals surface area contributed by atoms with Crippen LogP contribution in [0.1, 0.15) is 64.4 Å². The summed E-state index contributed by atoms with van der Waals surface area (Å²) in [5.41, 5.74) is 0.172. The van der Waals surface area contributed by atoms with Gasteiger partial charge in [-0.2, -0.15) is 0 Å². The van der Waals surface area contributed by atoms with E-state index in [1.165, 1.54) is 18.6 Å². The van der Waals surface area contributed by atoms with Gasteiger partial charge in [0.25, 0.3) is 0 Å². The highest BCUT2D eigenvalue weighted by Crippen LogP contribution is 2.28. The van der Waals surface area contributed by atoms with Crippen LogP contribution in [0.25, 0.3) is 0 Å². The molecule has 0 unspecified atom stereocenters. The Morgan fingerprint density at radius 3 is 2.43 bits per heavy atom. The van der Waals surface area contributed by atoms with Crippen molar-refractivity contribution in [3.05, 3.63) is 34.6 Å². The lowest BCUT2D eigenvalue weighted by Gasteiger charge is -2.35.